The lowest BCUT2D eigenvalue weighted by Crippen LogP contribution is -2.30. The van der Waals surface area contributed by atoms with Gasteiger partial charge < -0.3 is 5.32 Å². The number of nitrogens with one attached hydrogen (secondary N) is 2. The molecule has 0 radical (unpaired) electrons. The Hall–Kier alpha value is -2.37. The molecule has 0 unspecified atom stereocenters. The van der Waals surface area contributed by atoms with E-state index in [9.17, 15) is 4.79 Å². The molecule has 0 bridgehead atoms. The SMILES string of the molecule is Cn1ccc(NC(=O)NCCc2ccccn2)n1. The van der Waals surface area contributed by atoms with E-state index < -0.39 is 0 Å². The van der Waals surface area contributed by atoms with Gasteiger partial charge in [-0.1, -0.05) is 6.07 Å². The van der Waals surface area contributed by atoms with Gasteiger partial charge in [0.15, 0.2) is 5.82 Å². The summed E-state index contributed by atoms with van der Waals surface area (Å²) < 4.78 is 1.63. The van der Waals surface area contributed by atoms with Crippen LogP contribution < -0.4 is 10.6 Å². The number of hydrogen-bond donors (Lipinski definition) is 2. The van der Waals surface area contributed by atoms with E-state index in [1.165, 1.54) is 0 Å². The number of aryl methyl sites for hydroxylation is 1. The number of nitrogens with zero attached hydrogens (tertiary/aromatic N) is 3. The van der Waals surface area contributed by atoms with E-state index in [-0.39, 0.29) is 6.03 Å². The third-order valence-corrected chi connectivity index (χ3v) is 2.35. The Balaban J connectivity index is 1.72. The van der Waals surface area contributed by atoms with Crippen molar-refractivity contribution in [3.8, 4) is 0 Å². The molecule has 2 amide bonds. The Kier molecular flexibility index (Phi) is 3.90. The van der Waals surface area contributed by atoms with Crippen molar-refractivity contribution >= 4 is 11.8 Å². The fourth-order valence-corrected chi connectivity index (χ4v) is 1.49. The van der Waals surface area contributed by atoms with Gasteiger partial charge in [-0.05, 0) is 12.1 Å². The van der Waals surface area contributed by atoms with Crippen LogP contribution in [0.4, 0.5) is 10.6 Å². The van der Waals surface area contributed by atoms with Gasteiger partial charge in [-0.15, -0.1) is 0 Å². The molecule has 0 aliphatic heterocycles. The Morgan fingerprint density at radius 2 is 2.28 bits per heavy atom. The van der Waals surface area contributed by atoms with E-state index in [1.807, 2.05) is 18.2 Å². The fraction of sp³-hybridized carbons (Fsp3) is 0.250. The minimum atomic E-state index is -0.260. The van der Waals surface area contributed by atoms with Gasteiger partial charge in [0, 0.05) is 44.2 Å². The summed E-state index contributed by atoms with van der Waals surface area (Å²) in [6.45, 7) is 0.537. The van der Waals surface area contributed by atoms with Crippen LogP contribution in [0, 0.1) is 0 Å². The summed E-state index contributed by atoms with van der Waals surface area (Å²) in [5.74, 6) is 0.535. The minimum absolute atomic E-state index is 0.260. The number of anilines is 1. The molecule has 2 aromatic heterocycles. The first-order valence-electron chi connectivity index (χ1n) is 5.68. The third kappa shape index (κ3) is 3.58. The highest BCUT2D eigenvalue weighted by Crippen LogP contribution is 2.00. The number of carbonyl (C=O) groups excluding carboxylic acids is 1. The molecule has 0 aromatic carbocycles. The second kappa shape index (κ2) is 5.81. The van der Waals surface area contributed by atoms with E-state index in [2.05, 4.69) is 20.7 Å². The first-order chi connectivity index (χ1) is 8.74. The molecular formula is C12H15N5O. The van der Waals surface area contributed by atoms with Gasteiger partial charge in [-0.3, -0.25) is 15.0 Å². The molecule has 0 saturated heterocycles. The monoisotopic (exact) mass is 245 g/mol. The summed E-state index contributed by atoms with van der Waals surface area (Å²) >= 11 is 0. The van der Waals surface area contributed by atoms with Crippen LogP contribution in [0.2, 0.25) is 0 Å². The van der Waals surface area contributed by atoms with Crippen LogP contribution in [0.1, 0.15) is 5.69 Å². The highest BCUT2D eigenvalue weighted by atomic mass is 16.2. The Labute approximate surface area is 105 Å². The molecule has 18 heavy (non-hydrogen) atoms. The molecule has 0 fully saturated rings. The molecule has 0 atom stereocenters. The van der Waals surface area contributed by atoms with Crippen molar-refractivity contribution in [2.45, 2.75) is 6.42 Å². The number of rotatable bonds is 4. The van der Waals surface area contributed by atoms with Crippen LogP contribution in [0.25, 0.3) is 0 Å². The predicted octanol–water partition coefficient (Wildman–Crippen LogP) is 1.18. The van der Waals surface area contributed by atoms with Crippen molar-refractivity contribution in [2.75, 3.05) is 11.9 Å². The molecule has 6 heteroatoms. The minimum Gasteiger partial charge on any atom is -0.337 e. The summed E-state index contributed by atoms with van der Waals surface area (Å²) in [6.07, 6.45) is 4.21. The summed E-state index contributed by atoms with van der Waals surface area (Å²) in [4.78, 5) is 15.7. The quantitative estimate of drug-likeness (QED) is 0.849. The average molecular weight is 245 g/mol. The topological polar surface area (TPSA) is 71.8 Å². The number of urea groups is 1. The maximum atomic E-state index is 11.5. The van der Waals surface area contributed by atoms with Crippen molar-refractivity contribution < 1.29 is 4.79 Å². The summed E-state index contributed by atoms with van der Waals surface area (Å²) in [5, 5.41) is 9.45. The van der Waals surface area contributed by atoms with Crippen LogP contribution >= 0.6 is 0 Å². The van der Waals surface area contributed by atoms with E-state index in [0.29, 0.717) is 18.8 Å². The third-order valence-electron chi connectivity index (χ3n) is 2.35. The molecule has 2 rings (SSSR count). The molecule has 0 aliphatic rings. The van der Waals surface area contributed by atoms with E-state index >= 15 is 0 Å². The molecule has 0 spiro atoms. The number of aromatic nitrogens is 3. The summed E-state index contributed by atoms with van der Waals surface area (Å²) in [6, 6.07) is 7.20. The molecule has 0 aliphatic carbocycles. The highest BCUT2D eigenvalue weighted by Gasteiger charge is 2.03. The number of amides is 2. The lowest BCUT2D eigenvalue weighted by atomic mass is 10.3. The zero-order valence-corrected chi connectivity index (χ0v) is 10.1. The van der Waals surface area contributed by atoms with Gasteiger partial charge in [0.1, 0.15) is 0 Å². The Morgan fingerprint density at radius 3 is 2.94 bits per heavy atom. The van der Waals surface area contributed by atoms with Crippen LogP contribution in [0.15, 0.2) is 36.7 Å². The number of pyridine rings is 1. The highest BCUT2D eigenvalue weighted by molar-refractivity contribution is 5.88. The van der Waals surface area contributed by atoms with Gasteiger partial charge >= 0.3 is 6.03 Å². The second-order valence-electron chi connectivity index (χ2n) is 3.83. The van der Waals surface area contributed by atoms with Gasteiger partial charge in [0.25, 0.3) is 0 Å². The predicted molar refractivity (Wildman–Crippen MR) is 68.2 cm³/mol. The van der Waals surface area contributed by atoms with Crippen LogP contribution in [0.5, 0.6) is 0 Å². The van der Waals surface area contributed by atoms with Crippen molar-refractivity contribution in [1.29, 1.82) is 0 Å². The molecular weight excluding hydrogens is 230 g/mol. The second-order valence-corrected chi connectivity index (χ2v) is 3.83. The lowest BCUT2D eigenvalue weighted by molar-refractivity contribution is 0.252. The maximum Gasteiger partial charge on any atom is 0.320 e. The standard InChI is InChI=1S/C12H15N5O/c1-17-9-6-11(16-17)15-12(18)14-8-5-10-4-2-3-7-13-10/h2-4,6-7,9H,5,8H2,1H3,(H2,14,15,16,18). The van der Waals surface area contributed by atoms with E-state index in [1.54, 1.807) is 30.2 Å². The Bertz CT molecular complexity index is 508. The van der Waals surface area contributed by atoms with Crippen molar-refractivity contribution in [1.82, 2.24) is 20.1 Å². The van der Waals surface area contributed by atoms with Crippen LogP contribution in [0.3, 0.4) is 0 Å². The number of hydrogen-bond acceptors (Lipinski definition) is 3. The number of carbonyl (C=O) groups is 1. The molecule has 2 heterocycles. The molecule has 94 valence electrons. The van der Waals surface area contributed by atoms with Crippen molar-refractivity contribution in [2.24, 2.45) is 7.05 Å². The molecule has 2 aromatic rings. The van der Waals surface area contributed by atoms with Gasteiger partial charge in [-0.25, -0.2) is 4.79 Å². The summed E-state index contributed by atoms with van der Waals surface area (Å²) in [7, 11) is 1.80. The lowest BCUT2D eigenvalue weighted by Gasteiger charge is -2.05. The molecule has 2 N–H and O–H groups in total. The average Bonchev–Trinajstić information content (AvgIpc) is 2.76. The summed E-state index contributed by atoms with van der Waals surface area (Å²) in [5.41, 5.74) is 0.954. The van der Waals surface area contributed by atoms with E-state index in [4.69, 9.17) is 0 Å². The fourth-order valence-electron chi connectivity index (χ4n) is 1.49. The van der Waals surface area contributed by atoms with Crippen LogP contribution in [-0.2, 0) is 13.5 Å². The Morgan fingerprint density at radius 1 is 1.39 bits per heavy atom. The largest absolute Gasteiger partial charge is 0.337 e. The molecule has 0 saturated carbocycles. The van der Waals surface area contributed by atoms with Crippen molar-refractivity contribution in [3.05, 3.63) is 42.4 Å². The van der Waals surface area contributed by atoms with E-state index in [0.717, 1.165) is 5.69 Å². The maximum absolute atomic E-state index is 11.5. The molecule has 6 nitrogen and oxygen atoms in total. The zero-order valence-electron chi connectivity index (χ0n) is 10.1. The first-order valence-corrected chi connectivity index (χ1v) is 5.68. The zero-order chi connectivity index (χ0) is 12.8. The first kappa shape index (κ1) is 12.1. The van der Waals surface area contributed by atoms with Crippen molar-refractivity contribution in [3.63, 3.8) is 0 Å². The smallest absolute Gasteiger partial charge is 0.320 e. The van der Waals surface area contributed by atoms with Gasteiger partial charge in [0.05, 0.1) is 0 Å². The van der Waals surface area contributed by atoms with Crippen LogP contribution in [-0.4, -0.2) is 27.3 Å². The van der Waals surface area contributed by atoms with Gasteiger partial charge in [0.2, 0.25) is 0 Å². The van der Waals surface area contributed by atoms with Gasteiger partial charge in [-0.2, -0.15) is 5.10 Å². The normalized spacial score (nSPS) is 10.1.